The second-order valence-corrected chi connectivity index (χ2v) is 7.21. The molecule has 0 bridgehead atoms. The van der Waals surface area contributed by atoms with E-state index >= 15 is 0 Å². The van der Waals surface area contributed by atoms with Crippen molar-refractivity contribution in [3.05, 3.63) is 40.2 Å². The molecule has 3 heterocycles. The van der Waals surface area contributed by atoms with Crippen molar-refractivity contribution in [2.45, 2.75) is 23.6 Å². The number of rotatable bonds is 6. The molecule has 0 saturated heterocycles. The van der Waals surface area contributed by atoms with Crippen LogP contribution >= 0.6 is 34.4 Å². The number of hydrogen-bond acceptors (Lipinski definition) is 8. The highest BCUT2D eigenvalue weighted by Crippen LogP contribution is 2.28. The number of nitrogens with one attached hydrogen (secondary N) is 1. The molecule has 0 spiro atoms. The number of anilines is 1. The zero-order valence-corrected chi connectivity index (χ0v) is 13.1. The molecule has 5 nitrogen and oxygen atoms in total. The lowest BCUT2D eigenvalue weighted by atomic mass is 10.4. The van der Waals surface area contributed by atoms with Gasteiger partial charge in [-0.25, -0.2) is 4.98 Å². The van der Waals surface area contributed by atoms with Gasteiger partial charge in [-0.05, 0) is 19.1 Å². The van der Waals surface area contributed by atoms with E-state index in [1.54, 1.807) is 40.7 Å². The Morgan fingerprint density at radius 1 is 1.40 bits per heavy atom. The number of aromatic nitrogens is 3. The molecule has 0 radical (unpaired) electrons. The maximum absolute atomic E-state index is 5.25. The molecule has 3 aromatic heterocycles. The molecule has 0 amide bonds. The standard InChI is InChI=1S/C12H12N4OS3/c1-8-14-9(6-18-8)7-19-12-16-15-11(20-12)13-5-10-3-2-4-17-10/h2-4,6H,5,7H2,1H3,(H,13,15). The zero-order chi connectivity index (χ0) is 13.8. The highest BCUT2D eigenvalue weighted by Gasteiger charge is 2.07. The van der Waals surface area contributed by atoms with Crippen LogP contribution in [-0.4, -0.2) is 15.2 Å². The van der Waals surface area contributed by atoms with Gasteiger partial charge in [-0.15, -0.1) is 21.5 Å². The van der Waals surface area contributed by atoms with Crippen molar-refractivity contribution >= 4 is 39.6 Å². The van der Waals surface area contributed by atoms with Crippen LogP contribution in [0.25, 0.3) is 0 Å². The van der Waals surface area contributed by atoms with Crippen LogP contribution in [0.2, 0.25) is 0 Å². The smallest absolute Gasteiger partial charge is 0.206 e. The van der Waals surface area contributed by atoms with E-state index in [0.29, 0.717) is 6.54 Å². The molecular weight excluding hydrogens is 312 g/mol. The predicted octanol–water partition coefficient (Wildman–Crippen LogP) is 3.80. The maximum atomic E-state index is 5.25. The number of thioether (sulfide) groups is 1. The molecule has 0 unspecified atom stereocenters. The van der Waals surface area contributed by atoms with Crippen LogP contribution in [-0.2, 0) is 12.3 Å². The fourth-order valence-electron chi connectivity index (χ4n) is 1.53. The Balaban J connectivity index is 1.51. The number of thiazole rings is 1. The Morgan fingerprint density at radius 3 is 3.10 bits per heavy atom. The quantitative estimate of drug-likeness (QED) is 0.696. The Labute approximate surface area is 128 Å². The van der Waals surface area contributed by atoms with Crippen molar-refractivity contribution in [3.63, 3.8) is 0 Å². The predicted molar refractivity (Wildman–Crippen MR) is 82.4 cm³/mol. The summed E-state index contributed by atoms with van der Waals surface area (Å²) >= 11 is 4.87. The zero-order valence-electron chi connectivity index (χ0n) is 10.7. The molecule has 20 heavy (non-hydrogen) atoms. The lowest BCUT2D eigenvalue weighted by molar-refractivity contribution is 0.518. The van der Waals surface area contributed by atoms with Crippen LogP contribution in [0.1, 0.15) is 16.5 Å². The van der Waals surface area contributed by atoms with Crippen molar-refractivity contribution in [3.8, 4) is 0 Å². The van der Waals surface area contributed by atoms with Crippen molar-refractivity contribution < 1.29 is 4.42 Å². The van der Waals surface area contributed by atoms with Crippen LogP contribution in [0.5, 0.6) is 0 Å². The highest BCUT2D eigenvalue weighted by molar-refractivity contribution is 8.00. The van der Waals surface area contributed by atoms with Crippen molar-refractivity contribution in [2.24, 2.45) is 0 Å². The minimum Gasteiger partial charge on any atom is -0.467 e. The first-order valence-corrected chi connectivity index (χ1v) is 8.61. The molecule has 0 aliphatic carbocycles. The second kappa shape index (κ2) is 6.38. The summed E-state index contributed by atoms with van der Waals surface area (Å²) in [6.45, 7) is 2.64. The lowest BCUT2D eigenvalue weighted by Gasteiger charge is -1.96. The van der Waals surface area contributed by atoms with E-state index in [0.717, 1.165) is 31.7 Å². The maximum Gasteiger partial charge on any atom is 0.206 e. The third-order valence-corrected chi connectivity index (χ3v) is 5.28. The Morgan fingerprint density at radius 2 is 2.35 bits per heavy atom. The first kappa shape index (κ1) is 13.6. The summed E-state index contributed by atoms with van der Waals surface area (Å²) in [6, 6.07) is 3.79. The Bertz CT molecular complexity index is 662. The summed E-state index contributed by atoms with van der Waals surface area (Å²) < 4.78 is 6.19. The van der Waals surface area contributed by atoms with E-state index in [1.807, 2.05) is 19.1 Å². The third kappa shape index (κ3) is 3.59. The molecule has 3 aromatic rings. The third-order valence-electron chi connectivity index (χ3n) is 2.41. The topological polar surface area (TPSA) is 63.8 Å². The summed E-state index contributed by atoms with van der Waals surface area (Å²) in [6.07, 6.45) is 1.66. The average Bonchev–Trinajstić information content (AvgIpc) is 3.16. The number of furan rings is 1. The normalized spacial score (nSPS) is 10.8. The van der Waals surface area contributed by atoms with Gasteiger partial charge in [-0.3, -0.25) is 0 Å². The number of aryl methyl sites for hydroxylation is 1. The highest BCUT2D eigenvalue weighted by atomic mass is 32.2. The Hall–Kier alpha value is -1.38. The van der Waals surface area contributed by atoms with Crippen LogP contribution in [0, 0.1) is 6.92 Å². The first-order chi connectivity index (χ1) is 9.79. The molecule has 8 heteroatoms. The van der Waals surface area contributed by atoms with Gasteiger partial charge in [0.2, 0.25) is 5.13 Å². The second-order valence-electron chi connectivity index (χ2n) is 3.95. The first-order valence-electron chi connectivity index (χ1n) is 5.93. The van der Waals surface area contributed by atoms with E-state index in [1.165, 1.54) is 0 Å². The molecule has 1 N–H and O–H groups in total. The van der Waals surface area contributed by atoms with Gasteiger partial charge in [0, 0.05) is 11.1 Å². The lowest BCUT2D eigenvalue weighted by Crippen LogP contribution is -1.96. The number of nitrogens with zero attached hydrogens (tertiary/aromatic N) is 3. The molecule has 0 fully saturated rings. The van der Waals surface area contributed by atoms with Crippen LogP contribution in [0.15, 0.2) is 32.5 Å². The minimum absolute atomic E-state index is 0.623. The van der Waals surface area contributed by atoms with Gasteiger partial charge in [0.15, 0.2) is 4.34 Å². The summed E-state index contributed by atoms with van der Waals surface area (Å²) in [4.78, 5) is 4.43. The van der Waals surface area contributed by atoms with Gasteiger partial charge in [0.05, 0.1) is 23.5 Å². The van der Waals surface area contributed by atoms with Gasteiger partial charge in [0.1, 0.15) is 5.76 Å². The number of hydrogen-bond donors (Lipinski definition) is 1. The van der Waals surface area contributed by atoms with Gasteiger partial charge >= 0.3 is 0 Å². The van der Waals surface area contributed by atoms with Gasteiger partial charge in [0.25, 0.3) is 0 Å². The average molecular weight is 324 g/mol. The van der Waals surface area contributed by atoms with E-state index < -0.39 is 0 Å². The summed E-state index contributed by atoms with van der Waals surface area (Å²) in [5.74, 6) is 1.71. The van der Waals surface area contributed by atoms with Crippen LogP contribution in [0.4, 0.5) is 5.13 Å². The molecule has 0 saturated carbocycles. The fraction of sp³-hybridized carbons (Fsp3) is 0.250. The minimum atomic E-state index is 0.623. The monoisotopic (exact) mass is 324 g/mol. The van der Waals surface area contributed by atoms with Crippen molar-refractivity contribution in [1.82, 2.24) is 15.2 Å². The van der Waals surface area contributed by atoms with E-state index in [2.05, 4.69) is 25.9 Å². The van der Waals surface area contributed by atoms with Crippen LogP contribution < -0.4 is 5.32 Å². The molecule has 0 aromatic carbocycles. The Kier molecular flexibility index (Phi) is 4.34. The molecular formula is C12H12N4OS3. The van der Waals surface area contributed by atoms with Crippen molar-refractivity contribution in [2.75, 3.05) is 5.32 Å². The van der Waals surface area contributed by atoms with Gasteiger partial charge < -0.3 is 9.73 Å². The summed E-state index contributed by atoms with van der Waals surface area (Å²) in [7, 11) is 0. The van der Waals surface area contributed by atoms with E-state index in [9.17, 15) is 0 Å². The SMILES string of the molecule is Cc1nc(CSc2nnc(NCc3ccco3)s2)cs1. The van der Waals surface area contributed by atoms with Gasteiger partial charge in [-0.1, -0.05) is 23.1 Å². The molecule has 0 aliphatic heterocycles. The van der Waals surface area contributed by atoms with E-state index in [-0.39, 0.29) is 0 Å². The van der Waals surface area contributed by atoms with Crippen molar-refractivity contribution in [1.29, 1.82) is 0 Å². The molecule has 0 aliphatic rings. The van der Waals surface area contributed by atoms with E-state index in [4.69, 9.17) is 4.42 Å². The summed E-state index contributed by atoms with van der Waals surface area (Å²) in [5, 5.41) is 15.4. The van der Waals surface area contributed by atoms with Gasteiger partial charge in [-0.2, -0.15) is 0 Å². The van der Waals surface area contributed by atoms with Crippen LogP contribution in [0.3, 0.4) is 0 Å². The fourth-order valence-corrected chi connectivity index (χ4v) is 3.88. The molecule has 0 atom stereocenters. The largest absolute Gasteiger partial charge is 0.467 e. The molecule has 104 valence electrons. The molecule has 3 rings (SSSR count). The summed E-state index contributed by atoms with van der Waals surface area (Å²) in [5.41, 5.74) is 1.10.